The van der Waals surface area contributed by atoms with Crippen LogP contribution in [0.2, 0.25) is 5.02 Å². The maximum absolute atomic E-state index is 13.7. The van der Waals surface area contributed by atoms with Gasteiger partial charge in [0, 0.05) is 15.4 Å². The Morgan fingerprint density at radius 1 is 1.05 bits per heavy atom. The highest BCUT2D eigenvalue weighted by molar-refractivity contribution is 9.10. The van der Waals surface area contributed by atoms with Gasteiger partial charge in [-0.1, -0.05) is 54.1 Å². The summed E-state index contributed by atoms with van der Waals surface area (Å²) >= 11 is 10.2. The van der Waals surface area contributed by atoms with Crippen molar-refractivity contribution in [1.29, 1.82) is 0 Å². The Morgan fingerprint density at radius 2 is 1.86 bits per heavy atom. The standard InChI is InChI=1S/C32H22BrClFN3O4/c1-2-40-26-16-21(28(33)29(34)30(26)41-18-19-8-7-10-22(35)14-19)17-36-38-31(27-15-20-9-3-6-13-25(20)42-27)37-24-12-5-4-11-23(24)32(38)39/h3-17H,2,18H2,1H3. The largest absolute Gasteiger partial charge is 0.490 e. The van der Waals surface area contributed by atoms with Crippen LogP contribution in [-0.2, 0) is 6.61 Å². The van der Waals surface area contributed by atoms with Crippen molar-refractivity contribution < 1.29 is 18.3 Å². The molecule has 2 heterocycles. The van der Waals surface area contributed by atoms with Crippen LogP contribution in [0, 0.1) is 5.82 Å². The van der Waals surface area contributed by atoms with E-state index in [0.717, 1.165) is 5.39 Å². The van der Waals surface area contributed by atoms with E-state index in [1.54, 1.807) is 36.4 Å². The molecule has 0 radical (unpaired) electrons. The molecular weight excluding hydrogens is 625 g/mol. The van der Waals surface area contributed by atoms with Crippen molar-refractivity contribution in [3.63, 3.8) is 0 Å². The predicted octanol–water partition coefficient (Wildman–Crippen LogP) is 8.22. The summed E-state index contributed by atoms with van der Waals surface area (Å²) in [5.74, 6) is 0.933. The summed E-state index contributed by atoms with van der Waals surface area (Å²) in [6, 6.07) is 24.2. The van der Waals surface area contributed by atoms with E-state index >= 15 is 0 Å². The Kier molecular flexibility index (Phi) is 7.78. The van der Waals surface area contributed by atoms with Gasteiger partial charge in [-0.05, 0) is 70.9 Å². The Bertz CT molecular complexity index is 2010. The van der Waals surface area contributed by atoms with Gasteiger partial charge in [-0.2, -0.15) is 9.78 Å². The first-order valence-electron chi connectivity index (χ1n) is 13.0. The number of halogens is 3. The molecule has 0 N–H and O–H groups in total. The molecule has 0 aliphatic heterocycles. The highest BCUT2D eigenvalue weighted by Gasteiger charge is 2.19. The third-order valence-corrected chi connectivity index (χ3v) is 7.88. The van der Waals surface area contributed by atoms with Crippen molar-refractivity contribution in [3.05, 3.63) is 122 Å². The van der Waals surface area contributed by atoms with Crippen LogP contribution in [0.4, 0.5) is 4.39 Å². The summed E-state index contributed by atoms with van der Waals surface area (Å²) in [5, 5.41) is 6.05. The van der Waals surface area contributed by atoms with E-state index in [1.807, 2.05) is 43.3 Å². The SMILES string of the molecule is CCOc1cc(C=Nn2c(-c3cc4ccccc4o3)nc3ccccc3c2=O)c(Br)c(Cl)c1OCc1cccc(F)c1. The minimum Gasteiger partial charge on any atom is -0.490 e. The number of aromatic nitrogens is 2. The van der Waals surface area contributed by atoms with Gasteiger partial charge >= 0.3 is 0 Å². The minimum absolute atomic E-state index is 0.0798. The molecule has 7 nitrogen and oxygen atoms in total. The highest BCUT2D eigenvalue weighted by Crippen LogP contribution is 2.42. The van der Waals surface area contributed by atoms with Gasteiger partial charge < -0.3 is 13.9 Å². The zero-order valence-corrected chi connectivity index (χ0v) is 24.5. The van der Waals surface area contributed by atoms with E-state index in [0.29, 0.717) is 56.0 Å². The highest BCUT2D eigenvalue weighted by atomic mass is 79.9. The molecule has 0 fully saturated rings. The smallest absolute Gasteiger partial charge is 0.282 e. The van der Waals surface area contributed by atoms with Crippen molar-refractivity contribution in [3.8, 4) is 23.1 Å². The summed E-state index contributed by atoms with van der Waals surface area (Å²) in [5.41, 5.74) is 1.98. The van der Waals surface area contributed by atoms with E-state index in [2.05, 4.69) is 21.0 Å². The lowest BCUT2D eigenvalue weighted by molar-refractivity contribution is 0.269. The summed E-state index contributed by atoms with van der Waals surface area (Å²) in [4.78, 5) is 18.4. The van der Waals surface area contributed by atoms with Crippen LogP contribution in [0.3, 0.4) is 0 Å². The lowest BCUT2D eigenvalue weighted by Gasteiger charge is -2.16. The van der Waals surface area contributed by atoms with Crippen LogP contribution in [0.5, 0.6) is 11.5 Å². The van der Waals surface area contributed by atoms with Crippen LogP contribution in [0.15, 0.2) is 104 Å². The average Bonchev–Trinajstić information content (AvgIpc) is 3.43. The molecule has 4 aromatic carbocycles. The van der Waals surface area contributed by atoms with Crippen LogP contribution >= 0.6 is 27.5 Å². The third kappa shape index (κ3) is 5.41. The molecule has 0 aliphatic carbocycles. The number of para-hydroxylation sites is 2. The quantitative estimate of drug-likeness (QED) is 0.156. The summed E-state index contributed by atoms with van der Waals surface area (Å²) in [7, 11) is 0. The van der Waals surface area contributed by atoms with Crippen molar-refractivity contribution in [2.24, 2.45) is 5.10 Å². The second kappa shape index (κ2) is 11.8. The monoisotopic (exact) mass is 645 g/mol. The van der Waals surface area contributed by atoms with E-state index in [1.165, 1.54) is 23.0 Å². The van der Waals surface area contributed by atoms with Crippen LogP contribution in [0.25, 0.3) is 33.5 Å². The summed E-state index contributed by atoms with van der Waals surface area (Å²) < 4.78 is 33.2. The van der Waals surface area contributed by atoms with Crippen molar-refractivity contribution in [2.75, 3.05) is 6.61 Å². The average molecular weight is 647 g/mol. The Morgan fingerprint density at radius 3 is 2.67 bits per heavy atom. The first-order chi connectivity index (χ1) is 20.4. The van der Waals surface area contributed by atoms with E-state index in [4.69, 9.17) is 30.5 Å². The number of ether oxygens (including phenoxy) is 2. The molecule has 0 saturated heterocycles. The molecule has 0 bridgehead atoms. The van der Waals surface area contributed by atoms with Crippen LogP contribution < -0.4 is 15.0 Å². The number of benzene rings is 4. The zero-order chi connectivity index (χ0) is 29.2. The molecule has 0 unspecified atom stereocenters. The second-order valence-electron chi connectivity index (χ2n) is 9.24. The zero-order valence-electron chi connectivity index (χ0n) is 22.2. The molecule has 2 aromatic heterocycles. The number of furan rings is 1. The Labute approximate surface area is 252 Å². The normalized spacial score (nSPS) is 11.5. The van der Waals surface area contributed by atoms with Gasteiger partial charge in [-0.3, -0.25) is 4.79 Å². The fourth-order valence-corrected chi connectivity index (χ4v) is 5.13. The summed E-state index contributed by atoms with van der Waals surface area (Å²) in [6.45, 7) is 2.26. The van der Waals surface area contributed by atoms with Gasteiger partial charge in [0.1, 0.15) is 23.0 Å². The van der Waals surface area contributed by atoms with Gasteiger partial charge in [0.2, 0.25) is 5.82 Å². The van der Waals surface area contributed by atoms with E-state index in [-0.39, 0.29) is 28.8 Å². The maximum Gasteiger partial charge on any atom is 0.282 e. The van der Waals surface area contributed by atoms with Crippen molar-refractivity contribution >= 4 is 55.6 Å². The molecule has 0 atom stereocenters. The van der Waals surface area contributed by atoms with Gasteiger partial charge in [0.15, 0.2) is 17.3 Å². The number of hydrogen-bond donors (Lipinski definition) is 0. The number of rotatable bonds is 8. The maximum atomic E-state index is 13.7. The molecule has 6 rings (SSSR count). The first kappa shape index (κ1) is 27.7. The van der Waals surface area contributed by atoms with E-state index < -0.39 is 0 Å². The number of nitrogens with zero attached hydrogens (tertiary/aromatic N) is 3. The molecule has 0 saturated carbocycles. The fourth-order valence-electron chi connectivity index (χ4n) is 4.48. The third-order valence-electron chi connectivity index (χ3n) is 6.44. The first-order valence-corrected chi connectivity index (χ1v) is 14.2. The molecule has 210 valence electrons. The second-order valence-corrected chi connectivity index (χ2v) is 10.4. The van der Waals surface area contributed by atoms with Gasteiger partial charge in [0.05, 0.1) is 23.7 Å². The van der Waals surface area contributed by atoms with Crippen molar-refractivity contribution in [1.82, 2.24) is 9.66 Å². The minimum atomic E-state index is -0.366. The van der Waals surface area contributed by atoms with E-state index in [9.17, 15) is 9.18 Å². The van der Waals surface area contributed by atoms with Gasteiger partial charge in [0.25, 0.3) is 5.56 Å². The lowest BCUT2D eigenvalue weighted by Crippen LogP contribution is -2.20. The van der Waals surface area contributed by atoms with Crippen LogP contribution in [-0.4, -0.2) is 22.5 Å². The predicted molar refractivity (Wildman–Crippen MR) is 165 cm³/mol. The van der Waals surface area contributed by atoms with Crippen molar-refractivity contribution in [2.45, 2.75) is 13.5 Å². The van der Waals surface area contributed by atoms with Gasteiger partial charge in [-0.25, -0.2) is 9.37 Å². The molecular formula is C32H22BrClFN3O4. The molecule has 6 aromatic rings. The van der Waals surface area contributed by atoms with Crippen LogP contribution in [0.1, 0.15) is 18.1 Å². The Hall–Kier alpha value is -4.47. The fraction of sp³-hybridized carbons (Fsp3) is 0.0938. The van der Waals surface area contributed by atoms with Gasteiger partial charge in [-0.15, -0.1) is 0 Å². The molecule has 0 spiro atoms. The number of fused-ring (bicyclic) bond motifs is 2. The molecule has 0 amide bonds. The molecule has 0 aliphatic rings. The Balaban J connectivity index is 1.43. The summed E-state index contributed by atoms with van der Waals surface area (Å²) in [6.07, 6.45) is 1.48. The molecule has 10 heteroatoms. The topological polar surface area (TPSA) is 78.9 Å². The number of hydrogen-bond acceptors (Lipinski definition) is 6. The lowest BCUT2D eigenvalue weighted by atomic mass is 10.2. The molecule has 42 heavy (non-hydrogen) atoms.